The Morgan fingerprint density at radius 1 is 1.29 bits per heavy atom. The van der Waals surface area contributed by atoms with Crippen LogP contribution < -0.4 is 5.32 Å². The number of imidazole rings is 1. The van der Waals surface area contributed by atoms with Crippen LogP contribution in [0.5, 0.6) is 0 Å². The van der Waals surface area contributed by atoms with Crippen molar-refractivity contribution in [1.82, 2.24) is 19.8 Å². The average molecular weight is 286 g/mol. The molecular formula is C17H26N4. The van der Waals surface area contributed by atoms with Gasteiger partial charge in [0.25, 0.3) is 0 Å². The summed E-state index contributed by atoms with van der Waals surface area (Å²) in [5, 5.41) is 3.58. The summed E-state index contributed by atoms with van der Waals surface area (Å²) >= 11 is 0. The highest BCUT2D eigenvalue weighted by atomic mass is 15.1. The molecule has 0 aliphatic carbocycles. The van der Waals surface area contributed by atoms with E-state index in [0.29, 0.717) is 6.04 Å². The smallest absolute Gasteiger partial charge is 0.122 e. The van der Waals surface area contributed by atoms with Crippen molar-refractivity contribution in [2.75, 3.05) is 20.1 Å². The number of hydrogen-bond acceptors (Lipinski definition) is 3. The standard InChI is InChI=1S/C17H26N4/c1-4-18-16(15-8-6-5-7-9-15)10-12-20(2)14-17-19-11-13-21(17)3/h5-9,11,13,16,18H,4,10,12,14H2,1-3H3. The first-order valence-electron chi connectivity index (χ1n) is 7.63. The third kappa shape index (κ3) is 4.69. The Morgan fingerprint density at radius 3 is 2.67 bits per heavy atom. The number of hydrogen-bond donors (Lipinski definition) is 1. The van der Waals surface area contributed by atoms with Gasteiger partial charge in [0.2, 0.25) is 0 Å². The van der Waals surface area contributed by atoms with Gasteiger partial charge in [-0.15, -0.1) is 0 Å². The van der Waals surface area contributed by atoms with Gasteiger partial charge in [0.1, 0.15) is 5.82 Å². The van der Waals surface area contributed by atoms with Crippen molar-refractivity contribution < 1.29 is 0 Å². The molecule has 0 aliphatic rings. The molecule has 21 heavy (non-hydrogen) atoms. The van der Waals surface area contributed by atoms with Gasteiger partial charge in [-0.2, -0.15) is 0 Å². The predicted molar refractivity (Wildman–Crippen MR) is 87.0 cm³/mol. The minimum absolute atomic E-state index is 0.417. The number of rotatable bonds is 8. The maximum absolute atomic E-state index is 4.38. The van der Waals surface area contributed by atoms with Crippen molar-refractivity contribution in [3.8, 4) is 0 Å². The zero-order chi connectivity index (χ0) is 15.1. The summed E-state index contributed by atoms with van der Waals surface area (Å²) < 4.78 is 2.08. The molecule has 4 heteroatoms. The monoisotopic (exact) mass is 286 g/mol. The van der Waals surface area contributed by atoms with Crippen molar-refractivity contribution >= 4 is 0 Å². The molecule has 1 aromatic carbocycles. The highest BCUT2D eigenvalue weighted by molar-refractivity contribution is 5.18. The van der Waals surface area contributed by atoms with Crippen LogP contribution in [0.1, 0.15) is 30.8 Å². The van der Waals surface area contributed by atoms with Crippen molar-refractivity contribution in [3.63, 3.8) is 0 Å². The lowest BCUT2D eigenvalue weighted by molar-refractivity contribution is 0.292. The van der Waals surface area contributed by atoms with E-state index in [0.717, 1.165) is 31.9 Å². The quantitative estimate of drug-likeness (QED) is 0.810. The van der Waals surface area contributed by atoms with Crippen LogP contribution in [-0.4, -0.2) is 34.6 Å². The normalized spacial score (nSPS) is 12.8. The van der Waals surface area contributed by atoms with Crippen molar-refractivity contribution in [3.05, 3.63) is 54.1 Å². The minimum Gasteiger partial charge on any atom is -0.337 e. The third-order valence-corrected chi connectivity index (χ3v) is 3.78. The van der Waals surface area contributed by atoms with Crippen LogP contribution in [0.3, 0.4) is 0 Å². The molecule has 0 aliphatic heterocycles. The summed E-state index contributed by atoms with van der Waals surface area (Å²) in [4.78, 5) is 6.71. The summed E-state index contributed by atoms with van der Waals surface area (Å²) in [6, 6.07) is 11.1. The molecule has 2 rings (SSSR count). The van der Waals surface area contributed by atoms with Crippen LogP contribution in [0.2, 0.25) is 0 Å². The fourth-order valence-electron chi connectivity index (χ4n) is 2.54. The van der Waals surface area contributed by atoms with Gasteiger partial charge in [0.15, 0.2) is 0 Å². The van der Waals surface area contributed by atoms with E-state index in [1.165, 1.54) is 5.56 Å². The Balaban J connectivity index is 1.88. The van der Waals surface area contributed by atoms with Crippen LogP contribution in [0.4, 0.5) is 0 Å². The van der Waals surface area contributed by atoms with Gasteiger partial charge in [-0.25, -0.2) is 4.98 Å². The topological polar surface area (TPSA) is 33.1 Å². The largest absolute Gasteiger partial charge is 0.337 e. The number of aryl methyl sites for hydroxylation is 1. The van der Waals surface area contributed by atoms with E-state index >= 15 is 0 Å². The summed E-state index contributed by atoms with van der Waals surface area (Å²) in [5.74, 6) is 1.11. The van der Waals surface area contributed by atoms with Gasteiger partial charge in [-0.3, -0.25) is 4.90 Å². The lowest BCUT2D eigenvalue weighted by Gasteiger charge is -2.22. The van der Waals surface area contributed by atoms with Gasteiger partial charge in [0, 0.05) is 32.0 Å². The second-order valence-electron chi connectivity index (χ2n) is 5.50. The van der Waals surface area contributed by atoms with Gasteiger partial charge < -0.3 is 9.88 Å². The fraction of sp³-hybridized carbons (Fsp3) is 0.471. The van der Waals surface area contributed by atoms with Crippen LogP contribution in [0, 0.1) is 0 Å². The Labute approximate surface area is 127 Å². The van der Waals surface area contributed by atoms with Crippen molar-refractivity contribution in [2.45, 2.75) is 25.9 Å². The van der Waals surface area contributed by atoms with E-state index < -0.39 is 0 Å². The Bertz CT molecular complexity index is 521. The summed E-state index contributed by atoms with van der Waals surface area (Å²) in [6.07, 6.45) is 4.95. The minimum atomic E-state index is 0.417. The second kappa shape index (κ2) is 7.96. The van der Waals surface area contributed by atoms with Gasteiger partial charge in [0.05, 0.1) is 6.54 Å². The molecule has 0 amide bonds. The summed E-state index contributed by atoms with van der Waals surface area (Å²) in [6.45, 7) is 5.08. The molecule has 0 fully saturated rings. The van der Waals surface area contributed by atoms with E-state index in [4.69, 9.17) is 0 Å². The molecule has 0 bridgehead atoms. The molecule has 114 valence electrons. The molecule has 1 aromatic heterocycles. The van der Waals surface area contributed by atoms with E-state index in [-0.39, 0.29) is 0 Å². The van der Waals surface area contributed by atoms with E-state index in [9.17, 15) is 0 Å². The van der Waals surface area contributed by atoms with E-state index in [2.05, 4.69) is 64.1 Å². The van der Waals surface area contributed by atoms with Crippen LogP contribution in [0.15, 0.2) is 42.7 Å². The Hall–Kier alpha value is -1.65. The molecule has 1 N–H and O–H groups in total. The van der Waals surface area contributed by atoms with Gasteiger partial charge in [-0.1, -0.05) is 37.3 Å². The molecule has 0 spiro atoms. The molecule has 0 radical (unpaired) electrons. The molecule has 1 unspecified atom stereocenters. The SMILES string of the molecule is CCNC(CCN(C)Cc1nccn1C)c1ccccc1. The molecule has 0 saturated carbocycles. The lowest BCUT2D eigenvalue weighted by Crippen LogP contribution is -2.27. The van der Waals surface area contributed by atoms with E-state index in [1.54, 1.807) is 0 Å². The van der Waals surface area contributed by atoms with E-state index in [1.807, 2.05) is 19.4 Å². The molecule has 1 atom stereocenters. The van der Waals surface area contributed by atoms with Crippen LogP contribution in [0.25, 0.3) is 0 Å². The molecule has 1 heterocycles. The average Bonchev–Trinajstić information content (AvgIpc) is 2.89. The van der Waals surface area contributed by atoms with Crippen molar-refractivity contribution in [1.29, 1.82) is 0 Å². The highest BCUT2D eigenvalue weighted by Crippen LogP contribution is 2.17. The first-order valence-corrected chi connectivity index (χ1v) is 7.63. The van der Waals surface area contributed by atoms with Gasteiger partial charge in [-0.05, 0) is 25.6 Å². The first-order chi connectivity index (χ1) is 10.2. The molecule has 2 aromatic rings. The maximum Gasteiger partial charge on any atom is 0.122 e. The highest BCUT2D eigenvalue weighted by Gasteiger charge is 2.12. The van der Waals surface area contributed by atoms with Crippen LogP contribution in [-0.2, 0) is 13.6 Å². The number of nitrogens with one attached hydrogen (secondary N) is 1. The third-order valence-electron chi connectivity index (χ3n) is 3.78. The zero-order valence-electron chi connectivity index (χ0n) is 13.3. The van der Waals surface area contributed by atoms with Gasteiger partial charge >= 0.3 is 0 Å². The number of nitrogens with zero attached hydrogens (tertiary/aromatic N) is 3. The zero-order valence-corrected chi connectivity index (χ0v) is 13.3. The number of aromatic nitrogens is 2. The molecule has 4 nitrogen and oxygen atoms in total. The summed E-state index contributed by atoms with van der Waals surface area (Å²) in [7, 11) is 4.20. The Morgan fingerprint density at radius 2 is 2.05 bits per heavy atom. The predicted octanol–water partition coefficient (Wildman–Crippen LogP) is 2.59. The fourth-order valence-corrected chi connectivity index (χ4v) is 2.54. The molecular weight excluding hydrogens is 260 g/mol. The maximum atomic E-state index is 4.38. The number of benzene rings is 1. The lowest BCUT2D eigenvalue weighted by atomic mass is 10.0. The second-order valence-corrected chi connectivity index (χ2v) is 5.50. The Kier molecular flexibility index (Phi) is 5.96. The van der Waals surface area contributed by atoms with Crippen LogP contribution >= 0.6 is 0 Å². The summed E-state index contributed by atoms with van der Waals surface area (Å²) in [5.41, 5.74) is 1.37. The van der Waals surface area contributed by atoms with Crippen molar-refractivity contribution in [2.24, 2.45) is 7.05 Å². The first kappa shape index (κ1) is 15.7. The molecule has 0 saturated heterocycles.